The van der Waals surface area contributed by atoms with Crippen LogP contribution in [0, 0.1) is 0 Å². The molecule has 3 amide bonds. The normalized spacial score (nSPS) is 23.0. The first kappa shape index (κ1) is 37.0. The zero-order valence-corrected chi connectivity index (χ0v) is 31.9. The number of amides is 3. The Morgan fingerprint density at radius 3 is 2.47 bits per heavy atom. The third kappa shape index (κ3) is 7.50. The van der Waals surface area contributed by atoms with Gasteiger partial charge in [0.1, 0.15) is 24.0 Å². The van der Waals surface area contributed by atoms with Gasteiger partial charge in [0.25, 0.3) is 11.8 Å². The van der Waals surface area contributed by atoms with E-state index in [0.29, 0.717) is 61.6 Å². The van der Waals surface area contributed by atoms with Gasteiger partial charge in [0.2, 0.25) is 11.8 Å². The number of hydrogen-bond donors (Lipinski definition) is 2. The lowest BCUT2D eigenvalue weighted by Crippen LogP contribution is -2.51. The molecule has 2 N–H and O–H groups in total. The van der Waals surface area contributed by atoms with Gasteiger partial charge in [-0.3, -0.25) is 24.3 Å². The highest BCUT2D eigenvalue weighted by molar-refractivity contribution is 6.23. The highest BCUT2D eigenvalue weighted by Crippen LogP contribution is 2.35. The standard InChI is InChI=1S/C44H46N6O7/c1-26-4-10-39(42(51)48-26)50-43(52)35-9-7-30(23-36(35)44(50)53)56-32-19-29(20-32)46-14-17-54-15-3-16-55-31-21-33(22-31)57-41-11-6-28(24-47-41)27-5-8-34-37-25-45-13-12-38(37)49(2)40(34)18-27/h5-9,11-13,18,23-25,29,31-33,39,46H,1,3-4,10,14-17,19-22H2,2H3,(H,48,51). The number of imide groups is 1. The zero-order chi connectivity index (χ0) is 39.0. The Balaban J connectivity index is 0.618. The average Bonchev–Trinajstić information content (AvgIpc) is 3.61. The number of fused-ring (bicyclic) bond motifs is 4. The molecule has 0 bridgehead atoms. The number of rotatable bonds is 15. The first-order valence-corrected chi connectivity index (χ1v) is 19.8. The number of aromatic nitrogens is 3. The highest BCUT2D eigenvalue weighted by atomic mass is 16.5. The molecule has 13 heteroatoms. The van der Waals surface area contributed by atoms with E-state index >= 15 is 0 Å². The Kier molecular flexibility index (Phi) is 10.2. The van der Waals surface area contributed by atoms with Crippen LogP contribution in [0.15, 0.2) is 85.5 Å². The second kappa shape index (κ2) is 15.7. The maximum absolute atomic E-state index is 13.1. The van der Waals surface area contributed by atoms with E-state index < -0.39 is 17.9 Å². The Labute approximate surface area is 330 Å². The second-order valence-electron chi connectivity index (χ2n) is 15.4. The van der Waals surface area contributed by atoms with E-state index in [-0.39, 0.29) is 29.8 Å². The minimum Gasteiger partial charge on any atom is -0.490 e. The molecule has 5 aromatic rings. The summed E-state index contributed by atoms with van der Waals surface area (Å²) in [5.41, 5.74) is 5.66. The van der Waals surface area contributed by atoms with E-state index in [2.05, 4.69) is 63.1 Å². The molecule has 1 saturated heterocycles. The maximum atomic E-state index is 13.1. The van der Waals surface area contributed by atoms with Crippen molar-refractivity contribution >= 4 is 39.5 Å². The van der Waals surface area contributed by atoms with Gasteiger partial charge in [0.15, 0.2) is 0 Å². The summed E-state index contributed by atoms with van der Waals surface area (Å²) < 4.78 is 26.3. The van der Waals surface area contributed by atoms with E-state index in [1.807, 2.05) is 30.7 Å². The number of ether oxygens (including phenoxy) is 4. The molecule has 3 fully saturated rings. The topological polar surface area (TPSA) is 146 Å². The number of allylic oxidation sites excluding steroid dienone is 1. The molecule has 2 aromatic carbocycles. The van der Waals surface area contributed by atoms with Crippen LogP contribution in [0.2, 0.25) is 0 Å². The fourth-order valence-electron chi connectivity index (χ4n) is 8.25. The van der Waals surface area contributed by atoms with Crippen molar-refractivity contribution in [1.29, 1.82) is 0 Å². The third-order valence-electron chi connectivity index (χ3n) is 11.6. The summed E-state index contributed by atoms with van der Waals surface area (Å²) in [5, 5.41) is 8.51. The molecule has 1 atom stereocenters. The number of carbonyl (C=O) groups is 3. The van der Waals surface area contributed by atoms with Crippen LogP contribution in [0.1, 0.15) is 65.7 Å². The molecule has 5 heterocycles. The van der Waals surface area contributed by atoms with Gasteiger partial charge < -0.3 is 34.1 Å². The molecule has 2 aliphatic carbocycles. The SMILES string of the molecule is C=C1CCC(N2C(=O)c3ccc(OC4CC(NCCOCCCOC5CC(Oc6ccc(-c7ccc8c9cnccc9n(C)c8c7)cn6)C5)C4)cc3C2=O)C(=O)N1. The van der Waals surface area contributed by atoms with Crippen LogP contribution in [0.5, 0.6) is 11.6 Å². The fraction of sp³-hybridized carbons (Fsp3) is 0.386. The van der Waals surface area contributed by atoms with Crippen molar-refractivity contribution < 1.29 is 33.3 Å². The van der Waals surface area contributed by atoms with Gasteiger partial charge >= 0.3 is 0 Å². The van der Waals surface area contributed by atoms with Crippen LogP contribution in [-0.2, 0) is 21.3 Å². The lowest BCUT2D eigenvalue weighted by atomic mass is 9.89. The number of hydrogen-bond acceptors (Lipinski definition) is 10. The van der Waals surface area contributed by atoms with E-state index in [0.717, 1.165) is 65.6 Å². The van der Waals surface area contributed by atoms with Gasteiger partial charge in [-0.1, -0.05) is 18.7 Å². The molecule has 57 heavy (non-hydrogen) atoms. The van der Waals surface area contributed by atoms with Crippen LogP contribution >= 0.6 is 0 Å². The van der Waals surface area contributed by atoms with Crippen LogP contribution in [0.4, 0.5) is 0 Å². The van der Waals surface area contributed by atoms with E-state index in [1.54, 1.807) is 18.2 Å². The quantitative estimate of drug-likeness (QED) is 0.100. The molecule has 9 rings (SSSR count). The van der Waals surface area contributed by atoms with Crippen LogP contribution < -0.4 is 20.1 Å². The molecule has 4 aliphatic rings. The number of aryl methyl sites for hydroxylation is 1. The maximum Gasteiger partial charge on any atom is 0.262 e. The lowest BCUT2D eigenvalue weighted by Gasteiger charge is -2.36. The van der Waals surface area contributed by atoms with E-state index in [9.17, 15) is 14.4 Å². The summed E-state index contributed by atoms with van der Waals surface area (Å²) in [5.74, 6) is -0.108. The fourth-order valence-corrected chi connectivity index (χ4v) is 8.25. The highest BCUT2D eigenvalue weighted by Gasteiger charge is 2.44. The van der Waals surface area contributed by atoms with Crippen molar-refractivity contribution in [2.75, 3.05) is 26.4 Å². The minimum atomic E-state index is -0.831. The van der Waals surface area contributed by atoms with Crippen LogP contribution in [0.25, 0.3) is 32.9 Å². The minimum absolute atomic E-state index is 0.0200. The molecular weight excluding hydrogens is 725 g/mol. The number of nitrogens with zero attached hydrogens (tertiary/aromatic N) is 4. The van der Waals surface area contributed by atoms with Crippen LogP contribution in [0.3, 0.4) is 0 Å². The van der Waals surface area contributed by atoms with Gasteiger partial charge in [0.05, 0.1) is 29.4 Å². The smallest absolute Gasteiger partial charge is 0.262 e. The molecule has 2 aliphatic heterocycles. The molecule has 13 nitrogen and oxygen atoms in total. The predicted molar refractivity (Wildman–Crippen MR) is 213 cm³/mol. The second-order valence-corrected chi connectivity index (χ2v) is 15.4. The summed E-state index contributed by atoms with van der Waals surface area (Å²) in [6, 6.07) is 17.0. The predicted octanol–water partition coefficient (Wildman–Crippen LogP) is 5.71. The van der Waals surface area contributed by atoms with Crippen molar-refractivity contribution in [1.82, 2.24) is 30.1 Å². The number of carbonyl (C=O) groups excluding carboxylic acids is 3. The number of pyridine rings is 2. The van der Waals surface area contributed by atoms with Crippen molar-refractivity contribution in [3.8, 4) is 22.8 Å². The Morgan fingerprint density at radius 1 is 0.825 bits per heavy atom. The average molecular weight is 771 g/mol. The number of benzene rings is 2. The molecule has 1 unspecified atom stereocenters. The summed E-state index contributed by atoms with van der Waals surface area (Å²) in [4.78, 5) is 48.6. The van der Waals surface area contributed by atoms with Gasteiger partial charge in [-0.15, -0.1) is 0 Å². The molecule has 2 saturated carbocycles. The molecule has 0 spiro atoms. The Morgan fingerprint density at radius 2 is 1.65 bits per heavy atom. The van der Waals surface area contributed by atoms with Gasteiger partial charge in [-0.05, 0) is 74.1 Å². The Hall–Kier alpha value is -5.63. The number of piperidine rings is 1. The molecule has 0 radical (unpaired) electrons. The van der Waals surface area contributed by atoms with Crippen molar-refractivity contribution in [3.05, 3.63) is 96.6 Å². The first-order chi connectivity index (χ1) is 27.8. The van der Waals surface area contributed by atoms with Crippen LogP contribution in [-0.4, -0.2) is 93.9 Å². The molecular formula is C44H46N6O7. The number of nitrogens with one attached hydrogen (secondary N) is 2. The van der Waals surface area contributed by atoms with E-state index in [1.165, 1.54) is 10.9 Å². The van der Waals surface area contributed by atoms with E-state index in [4.69, 9.17) is 18.9 Å². The van der Waals surface area contributed by atoms with Crippen molar-refractivity contribution in [2.24, 2.45) is 7.05 Å². The van der Waals surface area contributed by atoms with Gasteiger partial charge in [0, 0.05) is 97.9 Å². The largest absolute Gasteiger partial charge is 0.490 e. The Bertz CT molecular complexity index is 2350. The summed E-state index contributed by atoms with van der Waals surface area (Å²) in [6.07, 6.45) is 11.1. The third-order valence-corrected chi connectivity index (χ3v) is 11.6. The summed E-state index contributed by atoms with van der Waals surface area (Å²) >= 11 is 0. The van der Waals surface area contributed by atoms with Gasteiger partial charge in [-0.2, -0.15) is 0 Å². The zero-order valence-electron chi connectivity index (χ0n) is 31.9. The summed E-state index contributed by atoms with van der Waals surface area (Å²) in [6.45, 7) is 6.44. The monoisotopic (exact) mass is 770 g/mol. The summed E-state index contributed by atoms with van der Waals surface area (Å²) in [7, 11) is 2.09. The molecule has 294 valence electrons. The van der Waals surface area contributed by atoms with Gasteiger partial charge in [-0.25, -0.2) is 4.98 Å². The lowest BCUT2D eigenvalue weighted by molar-refractivity contribution is -0.125. The van der Waals surface area contributed by atoms with Crippen molar-refractivity contribution in [2.45, 2.75) is 75.3 Å². The van der Waals surface area contributed by atoms with Crippen molar-refractivity contribution in [3.63, 3.8) is 0 Å². The molecule has 3 aromatic heterocycles. The first-order valence-electron chi connectivity index (χ1n) is 19.8.